The minimum Gasteiger partial charge on any atom is -0.357 e. The first-order chi connectivity index (χ1) is 23.4. The summed E-state index contributed by atoms with van der Waals surface area (Å²) in [6.07, 6.45) is 18.6. The molecule has 0 saturated heterocycles. The van der Waals surface area contributed by atoms with Gasteiger partial charge in [-0.1, -0.05) is 162 Å². The molecule has 2 aromatic carbocycles. The molecule has 0 amide bonds. The average molecular weight is 757 g/mol. The van der Waals surface area contributed by atoms with Crippen LogP contribution in [0, 0.1) is 11.8 Å². The van der Waals surface area contributed by atoms with E-state index in [4.69, 9.17) is 0 Å². The van der Waals surface area contributed by atoms with E-state index in [1.807, 2.05) is 0 Å². The zero-order valence-electron chi connectivity index (χ0n) is 33.8. The molecular weight excluding hydrogens is 686 g/mol. The molecule has 4 heteroatoms. The molecule has 5 rings (SSSR count). The van der Waals surface area contributed by atoms with Gasteiger partial charge in [-0.15, -0.1) is 0 Å². The van der Waals surface area contributed by atoms with Crippen LogP contribution in [0.5, 0.6) is 0 Å². The van der Waals surface area contributed by atoms with Crippen molar-refractivity contribution in [2.24, 2.45) is 11.8 Å². The number of nitrogens with one attached hydrogen (secondary N) is 3. The minimum absolute atomic E-state index is 0. The topological polar surface area (TPSA) is 36.1 Å². The Bertz CT molecular complexity index is 1390. The van der Waals surface area contributed by atoms with Crippen molar-refractivity contribution < 1.29 is 26.2 Å². The smallest absolute Gasteiger partial charge is 0.0575 e. The minimum atomic E-state index is 0. The average Bonchev–Trinajstić information content (AvgIpc) is 3.08. The molecule has 2 aliphatic carbocycles. The molecule has 0 spiro atoms. The summed E-state index contributed by atoms with van der Waals surface area (Å²) >= 11 is 0. The predicted molar refractivity (Wildman–Crippen MR) is 217 cm³/mol. The van der Waals surface area contributed by atoms with Gasteiger partial charge in [-0.2, -0.15) is 0 Å². The van der Waals surface area contributed by atoms with Gasteiger partial charge in [0.15, 0.2) is 0 Å². The van der Waals surface area contributed by atoms with Gasteiger partial charge < -0.3 is 16.0 Å². The molecule has 0 atom stereocenters. The van der Waals surface area contributed by atoms with E-state index in [2.05, 4.69) is 135 Å². The normalized spacial score (nSPS) is 19.4. The van der Waals surface area contributed by atoms with Crippen molar-refractivity contribution in [2.75, 3.05) is 10.6 Å². The van der Waals surface area contributed by atoms with Gasteiger partial charge in [-0.05, 0) is 84.6 Å². The van der Waals surface area contributed by atoms with Gasteiger partial charge >= 0.3 is 0 Å². The fourth-order valence-electron chi connectivity index (χ4n) is 8.37. The third-order valence-corrected chi connectivity index (χ3v) is 11.3. The van der Waals surface area contributed by atoms with Crippen LogP contribution in [-0.2, 0) is 26.2 Å². The summed E-state index contributed by atoms with van der Waals surface area (Å²) < 4.78 is 0. The maximum absolute atomic E-state index is 3.84. The van der Waals surface area contributed by atoms with Crippen LogP contribution >= 0.6 is 0 Å². The number of allylic oxidation sites excluding steroid dienone is 4. The Kier molecular flexibility index (Phi) is 17.2. The van der Waals surface area contributed by atoms with E-state index in [1.54, 1.807) is 25.7 Å². The summed E-state index contributed by atoms with van der Waals surface area (Å²) in [6.45, 7) is 24.8. The van der Waals surface area contributed by atoms with Crippen LogP contribution in [0.4, 0.5) is 11.4 Å². The van der Waals surface area contributed by atoms with Crippen molar-refractivity contribution in [3.05, 3.63) is 93.1 Å². The van der Waals surface area contributed by atoms with E-state index < -0.39 is 0 Å². The zero-order chi connectivity index (χ0) is 35.7. The van der Waals surface area contributed by atoms with Crippen molar-refractivity contribution in [3.63, 3.8) is 0 Å². The molecule has 2 fully saturated rings. The molecule has 3 aliphatic rings. The quantitative estimate of drug-likeness (QED) is 0.238. The molecule has 50 heavy (non-hydrogen) atoms. The number of benzene rings is 2. The van der Waals surface area contributed by atoms with E-state index in [9.17, 15) is 0 Å². The first-order valence-electron chi connectivity index (χ1n) is 20.0. The van der Waals surface area contributed by atoms with Crippen LogP contribution in [0.15, 0.2) is 70.8 Å². The Morgan fingerprint density at radius 2 is 0.940 bits per heavy atom. The van der Waals surface area contributed by atoms with Gasteiger partial charge in [0.2, 0.25) is 0 Å². The van der Waals surface area contributed by atoms with E-state index in [0.717, 1.165) is 29.7 Å². The molecule has 0 aromatic heterocycles. The second-order valence-corrected chi connectivity index (χ2v) is 16.7. The molecule has 1 aliphatic heterocycles. The molecule has 0 radical (unpaired) electrons. The van der Waals surface area contributed by atoms with Crippen LogP contribution in [0.1, 0.15) is 193 Å². The van der Waals surface area contributed by atoms with Crippen molar-refractivity contribution >= 4 is 11.4 Å². The maximum atomic E-state index is 3.84. The van der Waals surface area contributed by atoms with Gasteiger partial charge in [-0.25, -0.2) is 0 Å². The molecule has 274 valence electrons. The molecular formula is C46H71N3Zr. The summed E-state index contributed by atoms with van der Waals surface area (Å²) in [6, 6.07) is 13.4. The van der Waals surface area contributed by atoms with E-state index in [-0.39, 0.29) is 26.2 Å². The SMILES string of the molecule is C1CCC(C2CCCCC2)CC1.CC1=C/C(=C(/C)Nc2c(C(C)C)cccc2C(C)C)N/C(=C(/C)Nc2c(C(C)C)cccc2C(C)C)C1.[Zr]. The van der Waals surface area contributed by atoms with Gasteiger partial charge in [0, 0.05) is 61.1 Å². The van der Waals surface area contributed by atoms with Gasteiger partial charge in [0.1, 0.15) is 0 Å². The van der Waals surface area contributed by atoms with Crippen LogP contribution < -0.4 is 16.0 Å². The van der Waals surface area contributed by atoms with Gasteiger partial charge in [-0.3, -0.25) is 0 Å². The molecule has 0 bridgehead atoms. The number of hydrogen-bond donors (Lipinski definition) is 3. The first-order valence-corrected chi connectivity index (χ1v) is 20.0. The van der Waals surface area contributed by atoms with E-state index >= 15 is 0 Å². The largest absolute Gasteiger partial charge is 0.357 e. The Morgan fingerprint density at radius 3 is 1.30 bits per heavy atom. The van der Waals surface area contributed by atoms with Gasteiger partial charge in [0.25, 0.3) is 0 Å². The number of hydrogen-bond acceptors (Lipinski definition) is 3. The Morgan fingerprint density at radius 1 is 0.580 bits per heavy atom. The Hall–Kier alpha value is -2.06. The van der Waals surface area contributed by atoms with Crippen molar-refractivity contribution in [3.8, 4) is 0 Å². The standard InChI is InChI=1S/C34H49N3.C12H22.Zr/c1-20(2)27-14-12-15-28(21(3)4)33(27)35-25(10)31-18-24(9)19-32(37-31)26(11)36-34-29(22(5)6)16-13-17-30(34)23(7)8;1-3-7-11(8-4-1)12-9-5-2-6-10-12;/h12-18,20-23,35-37H,19H2,1-11H3;11-12H,1-10H2;/b31-25+,32-26-;;. The zero-order valence-corrected chi connectivity index (χ0v) is 36.2. The molecule has 3 N–H and O–H groups in total. The Balaban J connectivity index is 0.000000434. The van der Waals surface area contributed by atoms with Crippen molar-refractivity contribution in [2.45, 2.75) is 170 Å². The van der Waals surface area contributed by atoms with Crippen LogP contribution in [0.25, 0.3) is 0 Å². The van der Waals surface area contributed by atoms with E-state index in [0.29, 0.717) is 23.7 Å². The maximum Gasteiger partial charge on any atom is 0.0575 e. The number of para-hydroxylation sites is 2. The second-order valence-electron chi connectivity index (χ2n) is 16.7. The fraction of sp³-hybridized carbons (Fsp3) is 0.609. The predicted octanol–water partition coefficient (Wildman–Crippen LogP) is 14.3. The summed E-state index contributed by atoms with van der Waals surface area (Å²) in [7, 11) is 0. The number of rotatable bonds is 9. The summed E-state index contributed by atoms with van der Waals surface area (Å²) in [5, 5.41) is 11.4. The Labute approximate surface area is 327 Å². The van der Waals surface area contributed by atoms with Crippen LogP contribution in [0.2, 0.25) is 0 Å². The molecule has 2 aromatic rings. The van der Waals surface area contributed by atoms with E-state index in [1.165, 1.54) is 89.1 Å². The third-order valence-electron chi connectivity index (χ3n) is 11.3. The van der Waals surface area contributed by atoms with Gasteiger partial charge in [0.05, 0.1) is 5.70 Å². The molecule has 3 nitrogen and oxygen atoms in total. The second kappa shape index (κ2) is 20.3. The molecule has 0 unspecified atom stereocenters. The van der Waals surface area contributed by atoms with Crippen LogP contribution in [-0.4, -0.2) is 0 Å². The van der Waals surface area contributed by atoms with Crippen molar-refractivity contribution in [1.82, 2.24) is 5.32 Å². The van der Waals surface area contributed by atoms with Crippen LogP contribution in [0.3, 0.4) is 0 Å². The number of anilines is 2. The van der Waals surface area contributed by atoms with Crippen molar-refractivity contribution in [1.29, 1.82) is 0 Å². The first kappa shape index (κ1) is 42.4. The summed E-state index contributed by atoms with van der Waals surface area (Å²) in [5.74, 6) is 4.09. The fourth-order valence-corrected chi connectivity index (χ4v) is 8.37. The monoisotopic (exact) mass is 755 g/mol. The summed E-state index contributed by atoms with van der Waals surface area (Å²) in [5.41, 5.74) is 14.0. The third kappa shape index (κ3) is 11.5. The summed E-state index contributed by atoms with van der Waals surface area (Å²) in [4.78, 5) is 0. The molecule has 1 heterocycles. The molecule has 2 saturated carbocycles.